The van der Waals surface area contributed by atoms with Gasteiger partial charge in [0.2, 0.25) is 0 Å². The summed E-state index contributed by atoms with van der Waals surface area (Å²) in [5.74, 6) is 0.421. The van der Waals surface area contributed by atoms with Crippen LogP contribution in [0.15, 0.2) is 24.3 Å². The van der Waals surface area contributed by atoms with E-state index in [9.17, 15) is 4.79 Å². The maximum absolute atomic E-state index is 12.5. The molecule has 1 aromatic rings. The van der Waals surface area contributed by atoms with Crippen molar-refractivity contribution in [2.24, 2.45) is 5.92 Å². The molecule has 21 heavy (non-hydrogen) atoms. The van der Waals surface area contributed by atoms with Gasteiger partial charge in [0.05, 0.1) is 12.1 Å². The minimum atomic E-state index is -0.353. The van der Waals surface area contributed by atoms with E-state index in [0.29, 0.717) is 12.5 Å². The third-order valence-corrected chi connectivity index (χ3v) is 6.66. The van der Waals surface area contributed by atoms with Crippen molar-refractivity contribution in [1.82, 2.24) is 4.90 Å². The van der Waals surface area contributed by atoms with Crippen molar-refractivity contribution in [2.45, 2.75) is 63.6 Å². The van der Waals surface area contributed by atoms with Crippen LogP contribution in [0.1, 0.15) is 51.7 Å². The Balaban J connectivity index is 1.98. The van der Waals surface area contributed by atoms with Crippen molar-refractivity contribution in [2.75, 3.05) is 0 Å². The van der Waals surface area contributed by atoms with E-state index in [4.69, 9.17) is 4.74 Å². The third-order valence-electron chi connectivity index (χ3n) is 6.66. The minimum Gasteiger partial charge on any atom is -0.441 e. The largest absolute Gasteiger partial charge is 0.441 e. The first-order chi connectivity index (χ1) is 9.81. The summed E-state index contributed by atoms with van der Waals surface area (Å²) < 4.78 is 5.84. The van der Waals surface area contributed by atoms with E-state index in [1.54, 1.807) is 0 Å². The Kier molecular flexibility index (Phi) is 2.28. The molecule has 1 aliphatic carbocycles. The van der Waals surface area contributed by atoms with Gasteiger partial charge in [-0.15, -0.1) is 0 Å². The van der Waals surface area contributed by atoms with Gasteiger partial charge in [0.1, 0.15) is 5.60 Å². The summed E-state index contributed by atoms with van der Waals surface area (Å²) in [6.07, 6.45) is 1.93. The van der Waals surface area contributed by atoms with Crippen molar-refractivity contribution in [3.63, 3.8) is 0 Å². The van der Waals surface area contributed by atoms with Gasteiger partial charge in [-0.1, -0.05) is 38.1 Å². The fourth-order valence-corrected chi connectivity index (χ4v) is 5.32. The average molecular weight is 285 g/mol. The molecule has 112 valence electrons. The molecule has 0 aromatic heterocycles. The Morgan fingerprint density at radius 2 is 1.90 bits per heavy atom. The molecule has 3 nitrogen and oxygen atoms in total. The number of benzene rings is 1. The maximum Gasteiger partial charge on any atom is 0.411 e. The molecule has 0 N–H and O–H groups in total. The Morgan fingerprint density at radius 3 is 2.67 bits per heavy atom. The number of nitrogens with zero attached hydrogens (tertiary/aromatic N) is 1. The normalized spacial score (nSPS) is 39.5. The molecule has 0 spiro atoms. The molecule has 2 fully saturated rings. The van der Waals surface area contributed by atoms with Crippen LogP contribution < -0.4 is 0 Å². The molecule has 3 atom stereocenters. The number of rotatable bonds is 0. The molecule has 1 saturated carbocycles. The summed E-state index contributed by atoms with van der Waals surface area (Å²) in [7, 11) is 0. The van der Waals surface area contributed by atoms with Crippen LogP contribution in [0.5, 0.6) is 0 Å². The van der Waals surface area contributed by atoms with Gasteiger partial charge < -0.3 is 4.74 Å². The number of carbonyl (C=O) groups is 1. The number of amides is 1. The fraction of sp³-hybridized carbons (Fsp3) is 0.611. The van der Waals surface area contributed by atoms with Crippen molar-refractivity contribution in [3.05, 3.63) is 35.4 Å². The van der Waals surface area contributed by atoms with Crippen LogP contribution in [0, 0.1) is 5.92 Å². The predicted molar refractivity (Wildman–Crippen MR) is 81.0 cm³/mol. The smallest absolute Gasteiger partial charge is 0.411 e. The highest BCUT2D eigenvalue weighted by Crippen LogP contribution is 2.61. The molecule has 2 heterocycles. The molecule has 0 bridgehead atoms. The summed E-state index contributed by atoms with van der Waals surface area (Å²) in [5, 5.41) is 0. The van der Waals surface area contributed by atoms with Gasteiger partial charge in [0.15, 0.2) is 0 Å². The molecule has 2 aliphatic heterocycles. The Labute approximate surface area is 126 Å². The lowest BCUT2D eigenvalue weighted by atomic mass is 9.64. The standard InChI is InChI=1S/C18H23NO2/c1-16(2)13-8-6-5-7-12(13)11-19-15(20)21-17(3)10-9-14(16)18(17,19)4/h5-8,14H,9-11H2,1-4H3/t14-,17+,18+/m0/s1. The van der Waals surface area contributed by atoms with Crippen LogP contribution in [0.3, 0.4) is 0 Å². The van der Waals surface area contributed by atoms with Crippen molar-refractivity contribution >= 4 is 6.09 Å². The van der Waals surface area contributed by atoms with Gasteiger partial charge in [0.25, 0.3) is 0 Å². The Morgan fingerprint density at radius 1 is 1.19 bits per heavy atom. The van der Waals surface area contributed by atoms with Crippen LogP contribution in [-0.2, 0) is 16.7 Å². The van der Waals surface area contributed by atoms with Gasteiger partial charge in [-0.2, -0.15) is 0 Å². The molecule has 1 saturated heterocycles. The van der Waals surface area contributed by atoms with Crippen LogP contribution in [0.25, 0.3) is 0 Å². The molecule has 3 heteroatoms. The Hall–Kier alpha value is -1.51. The average Bonchev–Trinajstić information content (AvgIpc) is 2.74. The second kappa shape index (κ2) is 3.63. The van der Waals surface area contributed by atoms with E-state index < -0.39 is 0 Å². The molecule has 1 aromatic carbocycles. The number of hydrogen-bond donors (Lipinski definition) is 0. The first-order valence-corrected chi connectivity index (χ1v) is 7.90. The zero-order valence-corrected chi connectivity index (χ0v) is 13.3. The lowest BCUT2D eigenvalue weighted by Gasteiger charge is -2.45. The van der Waals surface area contributed by atoms with Crippen molar-refractivity contribution in [3.8, 4) is 0 Å². The minimum absolute atomic E-state index is 0.0475. The van der Waals surface area contributed by atoms with Crippen molar-refractivity contribution < 1.29 is 9.53 Å². The second-order valence-corrected chi connectivity index (χ2v) is 7.80. The summed E-state index contributed by atoms with van der Waals surface area (Å²) in [6.45, 7) is 9.70. The van der Waals surface area contributed by atoms with Gasteiger partial charge >= 0.3 is 6.09 Å². The molecular weight excluding hydrogens is 262 g/mol. The molecule has 1 amide bonds. The predicted octanol–water partition coefficient (Wildman–Crippen LogP) is 3.86. The lowest BCUT2D eigenvalue weighted by Crippen LogP contribution is -2.57. The highest BCUT2D eigenvalue weighted by Gasteiger charge is 2.70. The highest BCUT2D eigenvalue weighted by atomic mass is 16.6. The summed E-state index contributed by atoms with van der Waals surface area (Å²) in [6, 6.07) is 8.58. The fourth-order valence-electron chi connectivity index (χ4n) is 5.32. The first kappa shape index (κ1) is 13.2. The highest BCUT2D eigenvalue weighted by molar-refractivity contribution is 5.74. The number of ether oxygens (including phenoxy) is 1. The van der Waals surface area contributed by atoms with Crippen molar-refractivity contribution in [1.29, 1.82) is 0 Å². The van der Waals surface area contributed by atoms with E-state index in [1.807, 2.05) is 4.90 Å². The van der Waals surface area contributed by atoms with Gasteiger partial charge in [-0.05, 0) is 49.1 Å². The van der Waals surface area contributed by atoms with Crippen LogP contribution in [0.4, 0.5) is 4.79 Å². The summed E-state index contributed by atoms with van der Waals surface area (Å²) in [5.41, 5.74) is 2.13. The van der Waals surface area contributed by atoms with Gasteiger partial charge in [-0.25, -0.2) is 4.79 Å². The summed E-state index contributed by atoms with van der Waals surface area (Å²) >= 11 is 0. The number of hydrogen-bond acceptors (Lipinski definition) is 2. The molecule has 0 radical (unpaired) electrons. The summed E-state index contributed by atoms with van der Waals surface area (Å²) in [4.78, 5) is 14.5. The zero-order chi connectivity index (χ0) is 15.0. The van der Waals surface area contributed by atoms with Gasteiger partial charge in [-0.3, -0.25) is 4.90 Å². The quantitative estimate of drug-likeness (QED) is 0.724. The number of fused-ring (bicyclic) bond motifs is 1. The van der Waals surface area contributed by atoms with Crippen LogP contribution in [0.2, 0.25) is 0 Å². The lowest BCUT2D eigenvalue weighted by molar-refractivity contribution is 0.00545. The van der Waals surface area contributed by atoms with Gasteiger partial charge in [0, 0.05) is 0 Å². The monoisotopic (exact) mass is 285 g/mol. The Bertz CT molecular complexity index is 638. The molecule has 3 aliphatic rings. The van der Waals surface area contributed by atoms with E-state index in [0.717, 1.165) is 12.8 Å². The van der Waals surface area contributed by atoms with E-state index in [-0.39, 0.29) is 22.6 Å². The number of carbonyl (C=O) groups excluding carboxylic acids is 1. The maximum atomic E-state index is 12.5. The molecular formula is C18H23NO2. The topological polar surface area (TPSA) is 29.5 Å². The van der Waals surface area contributed by atoms with E-state index in [1.165, 1.54) is 11.1 Å². The second-order valence-electron chi connectivity index (χ2n) is 7.80. The van der Waals surface area contributed by atoms with E-state index in [2.05, 4.69) is 52.0 Å². The van der Waals surface area contributed by atoms with Crippen LogP contribution in [-0.4, -0.2) is 22.1 Å². The first-order valence-electron chi connectivity index (χ1n) is 7.90. The third kappa shape index (κ3) is 1.33. The van der Waals surface area contributed by atoms with E-state index >= 15 is 0 Å². The molecule has 0 unspecified atom stereocenters. The zero-order valence-electron chi connectivity index (χ0n) is 13.3. The SMILES string of the molecule is CC1(C)c2ccccc2CN2C(=O)O[C@]3(C)CC[C@@H]1[C@@]23C. The molecule has 4 rings (SSSR count). The van der Waals surface area contributed by atoms with Crippen LogP contribution >= 0.6 is 0 Å².